The number of allylic oxidation sites excluding steroid dienone is 4. The van der Waals surface area contributed by atoms with E-state index in [0.717, 1.165) is 12.0 Å². The molecule has 0 aromatic heterocycles. The minimum absolute atomic E-state index is 0.0931. The molecule has 0 saturated carbocycles. The molecule has 136 valence electrons. The van der Waals surface area contributed by atoms with E-state index >= 15 is 0 Å². The van der Waals surface area contributed by atoms with Crippen molar-refractivity contribution in [3.8, 4) is 5.75 Å². The number of benzene rings is 1. The van der Waals surface area contributed by atoms with E-state index in [0.29, 0.717) is 12.3 Å². The quantitative estimate of drug-likeness (QED) is 0.599. The van der Waals surface area contributed by atoms with Gasteiger partial charge in [0.1, 0.15) is 5.75 Å². The molecule has 0 atom stereocenters. The largest absolute Gasteiger partial charge is 0.508 e. The van der Waals surface area contributed by atoms with Gasteiger partial charge in [0.05, 0.1) is 11.4 Å². The van der Waals surface area contributed by atoms with E-state index in [1.807, 2.05) is 12.1 Å². The van der Waals surface area contributed by atoms with Gasteiger partial charge in [-0.25, -0.2) is 0 Å². The molecule has 4 nitrogen and oxygen atoms in total. The number of phenolic OH excluding ortho intramolecular Hbond substituents is 1. The van der Waals surface area contributed by atoms with Crippen LogP contribution in [0.2, 0.25) is 0 Å². The van der Waals surface area contributed by atoms with Gasteiger partial charge in [-0.1, -0.05) is 58.9 Å². The normalized spacial score (nSPS) is 14.3. The number of nitrogens with two attached hydrogens (primary N) is 1. The van der Waals surface area contributed by atoms with Crippen molar-refractivity contribution < 1.29 is 5.11 Å². The maximum absolute atomic E-state index is 9.65. The number of hydrogen-bond donors (Lipinski definition) is 4. The van der Waals surface area contributed by atoms with Gasteiger partial charge in [0.2, 0.25) is 0 Å². The average Bonchev–Trinajstić information content (AvgIpc) is 2.49. The van der Waals surface area contributed by atoms with Crippen LogP contribution in [-0.2, 0) is 12.0 Å². The summed E-state index contributed by atoms with van der Waals surface area (Å²) in [4.78, 5) is 0. The first-order valence-electron chi connectivity index (χ1n) is 8.51. The van der Waals surface area contributed by atoms with Gasteiger partial charge >= 0.3 is 0 Å². The van der Waals surface area contributed by atoms with Crippen LogP contribution in [0.1, 0.15) is 52.2 Å². The number of rotatable bonds is 3. The maximum atomic E-state index is 9.65. The van der Waals surface area contributed by atoms with Gasteiger partial charge in [-0.3, -0.25) is 10.8 Å². The molecule has 0 radical (unpaired) electrons. The van der Waals surface area contributed by atoms with E-state index in [-0.39, 0.29) is 22.3 Å². The van der Waals surface area contributed by atoms with Crippen molar-refractivity contribution in [1.82, 2.24) is 0 Å². The standard InChI is InChI=1S/C15H25NO.C6H6N2/c1-14(2,3)10-15(4,5)12-6-7-13(17)11(8-12)9-16;7-5-3-1-2-4-6(5)8/h6-8,17H,9-10,16H2,1-5H3;1-4,7-8H. The summed E-state index contributed by atoms with van der Waals surface area (Å²) >= 11 is 0. The third-order valence-corrected chi connectivity index (χ3v) is 3.98. The van der Waals surface area contributed by atoms with Crippen molar-refractivity contribution in [1.29, 1.82) is 10.8 Å². The first-order chi connectivity index (χ1) is 11.5. The lowest BCUT2D eigenvalue weighted by molar-refractivity contribution is 0.284. The summed E-state index contributed by atoms with van der Waals surface area (Å²) in [6.45, 7) is 11.6. The fraction of sp³-hybridized carbons (Fsp3) is 0.429. The molecule has 0 heterocycles. The van der Waals surface area contributed by atoms with Crippen LogP contribution in [0.5, 0.6) is 5.75 Å². The summed E-state index contributed by atoms with van der Waals surface area (Å²) in [5.41, 5.74) is 8.64. The molecule has 1 aromatic carbocycles. The van der Waals surface area contributed by atoms with E-state index in [4.69, 9.17) is 16.6 Å². The summed E-state index contributed by atoms with van der Waals surface area (Å²) in [6.07, 6.45) is 7.79. The van der Waals surface area contributed by atoms with Gasteiger partial charge in [0.15, 0.2) is 0 Å². The highest BCUT2D eigenvalue weighted by Crippen LogP contribution is 2.37. The summed E-state index contributed by atoms with van der Waals surface area (Å²) < 4.78 is 0. The zero-order valence-corrected chi connectivity index (χ0v) is 16.0. The zero-order chi connectivity index (χ0) is 19.3. The van der Waals surface area contributed by atoms with Crippen LogP contribution in [-0.4, -0.2) is 16.5 Å². The second-order valence-corrected chi connectivity index (χ2v) is 8.21. The smallest absolute Gasteiger partial charge is 0.120 e. The van der Waals surface area contributed by atoms with Crippen LogP contribution in [0.4, 0.5) is 0 Å². The van der Waals surface area contributed by atoms with E-state index in [1.54, 1.807) is 30.4 Å². The van der Waals surface area contributed by atoms with Crippen LogP contribution < -0.4 is 5.73 Å². The maximum Gasteiger partial charge on any atom is 0.120 e. The zero-order valence-electron chi connectivity index (χ0n) is 16.0. The second-order valence-electron chi connectivity index (χ2n) is 8.21. The van der Waals surface area contributed by atoms with Gasteiger partial charge in [0, 0.05) is 12.1 Å². The van der Waals surface area contributed by atoms with E-state index < -0.39 is 0 Å². The Morgan fingerprint density at radius 1 is 0.960 bits per heavy atom. The molecular weight excluding hydrogens is 310 g/mol. The summed E-state index contributed by atoms with van der Waals surface area (Å²) in [5.74, 6) is 0.294. The highest BCUT2D eigenvalue weighted by molar-refractivity contribution is 6.48. The highest BCUT2D eigenvalue weighted by Gasteiger charge is 2.27. The van der Waals surface area contributed by atoms with Crippen LogP contribution in [0.25, 0.3) is 0 Å². The third kappa shape index (κ3) is 6.67. The number of phenols is 1. The van der Waals surface area contributed by atoms with Crippen molar-refractivity contribution in [3.05, 3.63) is 53.6 Å². The van der Waals surface area contributed by atoms with E-state index in [9.17, 15) is 5.11 Å². The molecule has 25 heavy (non-hydrogen) atoms. The third-order valence-electron chi connectivity index (χ3n) is 3.98. The fourth-order valence-corrected chi connectivity index (χ4v) is 3.08. The molecular formula is C21H31N3O. The minimum atomic E-state index is 0.0931. The SMILES string of the molecule is CC(C)(C)CC(C)(C)c1ccc(O)c(CN)c1.N=C1C=CC=CC1=N. The number of aromatic hydroxyl groups is 1. The highest BCUT2D eigenvalue weighted by atomic mass is 16.3. The van der Waals surface area contributed by atoms with E-state index in [1.165, 1.54) is 5.56 Å². The van der Waals surface area contributed by atoms with Crippen molar-refractivity contribution in [2.24, 2.45) is 11.1 Å². The van der Waals surface area contributed by atoms with Crippen molar-refractivity contribution in [3.63, 3.8) is 0 Å². The molecule has 4 heteroatoms. The van der Waals surface area contributed by atoms with Gasteiger partial charge in [-0.05, 0) is 41.0 Å². The molecule has 2 rings (SSSR count). The van der Waals surface area contributed by atoms with Crippen molar-refractivity contribution in [2.45, 2.75) is 53.0 Å². The molecule has 1 aromatic rings. The lowest BCUT2D eigenvalue weighted by Gasteiger charge is -2.33. The molecule has 0 aliphatic heterocycles. The number of hydrogen-bond acceptors (Lipinski definition) is 4. The lowest BCUT2D eigenvalue weighted by Crippen LogP contribution is -2.25. The summed E-state index contributed by atoms with van der Waals surface area (Å²) in [5, 5.41) is 23.7. The Morgan fingerprint density at radius 3 is 1.88 bits per heavy atom. The lowest BCUT2D eigenvalue weighted by atomic mass is 9.72. The first kappa shape index (κ1) is 20.8. The van der Waals surface area contributed by atoms with Crippen LogP contribution in [0.3, 0.4) is 0 Å². The van der Waals surface area contributed by atoms with Gasteiger partial charge < -0.3 is 10.8 Å². The van der Waals surface area contributed by atoms with Gasteiger partial charge in [0.25, 0.3) is 0 Å². The Labute approximate surface area is 151 Å². The van der Waals surface area contributed by atoms with E-state index in [2.05, 4.69) is 34.6 Å². The summed E-state index contributed by atoms with van der Waals surface area (Å²) in [7, 11) is 0. The fourth-order valence-electron chi connectivity index (χ4n) is 3.08. The average molecular weight is 341 g/mol. The molecule has 1 aliphatic rings. The predicted octanol–water partition coefficient (Wildman–Crippen LogP) is 4.72. The Kier molecular flexibility index (Phi) is 6.88. The van der Waals surface area contributed by atoms with Crippen LogP contribution in [0, 0.1) is 16.2 Å². The molecule has 0 spiro atoms. The molecule has 1 aliphatic carbocycles. The summed E-state index contributed by atoms with van der Waals surface area (Å²) in [6, 6.07) is 5.78. The molecule has 0 unspecified atom stereocenters. The van der Waals surface area contributed by atoms with Gasteiger partial charge in [-0.15, -0.1) is 0 Å². The van der Waals surface area contributed by atoms with Gasteiger partial charge in [-0.2, -0.15) is 0 Å². The predicted molar refractivity (Wildman–Crippen MR) is 107 cm³/mol. The minimum Gasteiger partial charge on any atom is -0.508 e. The topological polar surface area (TPSA) is 93.9 Å². The Hall–Kier alpha value is -2.20. The first-order valence-corrected chi connectivity index (χ1v) is 8.51. The van der Waals surface area contributed by atoms with Crippen LogP contribution in [0.15, 0.2) is 42.5 Å². The van der Waals surface area contributed by atoms with Crippen molar-refractivity contribution >= 4 is 11.4 Å². The van der Waals surface area contributed by atoms with Crippen molar-refractivity contribution in [2.75, 3.05) is 0 Å². The second kappa shape index (κ2) is 8.26. The molecule has 0 bridgehead atoms. The molecule has 0 amide bonds. The molecule has 0 fully saturated rings. The van der Waals surface area contributed by atoms with Crippen LogP contribution >= 0.6 is 0 Å². The number of nitrogens with one attached hydrogen (secondary N) is 2. The monoisotopic (exact) mass is 341 g/mol. The Bertz CT molecular complexity index is 670. The Morgan fingerprint density at radius 2 is 1.48 bits per heavy atom. The Balaban J connectivity index is 0.000000324. The molecule has 5 N–H and O–H groups in total. The molecule has 0 saturated heterocycles.